The number of halogens is 2. The SMILES string of the molecule is CN(CC(=O)NC1CC1)C(=O)c1cc(F)ccc1Br. The standard InChI is InChI=1S/C13H14BrFN2O2/c1-17(7-12(18)16-9-3-4-9)13(19)10-6-8(15)2-5-11(10)14/h2,5-6,9H,3-4,7H2,1H3,(H,16,18). The van der Waals surface area contributed by atoms with Gasteiger partial charge in [-0.15, -0.1) is 0 Å². The Morgan fingerprint density at radius 2 is 2.16 bits per heavy atom. The van der Waals surface area contributed by atoms with Crippen LogP contribution in [0.2, 0.25) is 0 Å². The lowest BCUT2D eigenvalue weighted by atomic mass is 10.2. The van der Waals surface area contributed by atoms with Gasteiger partial charge in [-0.05, 0) is 47.0 Å². The summed E-state index contributed by atoms with van der Waals surface area (Å²) in [5, 5.41) is 2.80. The van der Waals surface area contributed by atoms with Crippen molar-refractivity contribution in [2.45, 2.75) is 18.9 Å². The highest BCUT2D eigenvalue weighted by Gasteiger charge is 2.25. The minimum Gasteiger partial charge on any atom is -0.352 e. The van der Waals surface area contributed by atoms with E-state index in [0.29, 0.717) is 4.47 Å². The molecule has 0 saturated heterocycles. The van der Waals surface area contributed by atoms with E-state index in [2.05, 4.69) is 21.2 Å². The summed E-state index contributed by atoms with van der Waals surface area (Å²) >= 11 is 3.20. The van der Waals surface area contributed by atoms with Crippen LogP contribution >= 0.6 is 15.9 Å². The van der Waals surface area contributed by atoms with Crippen LogP contribution in [0.1, 0.15) is 23.2 Å². The molecule has 19 heavy (non-hydrogen) atoms. The minimum atomic E-state index is -0.484. The molecule has 0 heterocycles. The predicted octanol–water partition coefficient (Wildman–Crippen LogP) is 1.94. The van der Waals surface area contributed by atoms with Crippen molar-refractivity contribution in [2.75, 3.05) is 13.6 Å². The van der Waals surface area contributed by atoms with E-state index in [-0.39, 0.29) is 24.1 Å². The van der Waals surface area contributed by atoms with Gasteiger partial charge < -0.3 is 10.2 Å². The highest BCUT2D eigenvalue weighted by atomic mass is 79.9. The summed E-state index contributed by atoms with van der Waals surface area (Å²) in [6.45, 7) is -0.0295. The number of carbonyl (C=O) groups is 2. The van der Waals surface area contributed by atoms with E-state index >= 15 is 0 Å². The summed E-state index contributed by atoms with van der Waals surface area (Å²) < 4.78 is 13.7. The Kier molecular flexibility index (Phi) is 4.19. The first kappa shape index (κ1) is 14.0. The fourth-order valence-corrected chi connectivity index (χ4v) is 2.07. The van der Waals surface area contributed by atoms with Crippen molar-refractivity contribution >= 4 is 27.7 Å². The summed E-state index contributed by atoms with van der Waals surface area (Å²) in [6.07, 6.45) is 2.00. The molecule has 1 aromatic rings. The third kappa shape index (κ3) is 3.76. The Balaban J connectivity index is 2.01. The van der Waals surface area contributed by atoms with Crippen molar-refractivity contribution < 1.29 is 14.0 Å². The lowest BCUT2D eigenvalue weighted by Crippen LogP contribution is -2.39. The van der Waals surface area contributed by atoms with E-state index in [1.165, 1.54) is 24.1 Å². The van der Waals surface area contributed by atoms with Crippen LogP contribution in [0.25, 0.3) is 0 Å². The molecule has 0 radical (unpaired) electrons. The molecule has 1 fully saturated rings. The smallest absolute Gasteiger partial charge is 0.255 e. The fourth-order valence-electron chi connectivity index (χ4n) is 1.66. The summed E-state index contributed by atoms with van der Waals surface area (Å²) in [6, 6.07) is 4.15. The Bertz CT molecular complexity index is 517. The van der Waals surface area contributed by atoms with Crippen LogP contribution < -0.4 is 5.32 Å². The zero-order valence-electron chi connectivity index (χ0n) is 10.5. The van der Waals surface area contributed by atoms with Crippen molar-refractivity contribution in [1.29, 1.82) is 0 Å². The highest BCUT2D eigenvalue weighted by molar-refractivity contribution is 9.10. The molecule has 0 aromatic heterocycles. The second-order valence-electron chi connectivity index (χ2n) is 4.63. The summed E-state index contributed by atoms with van der Waals surface area (Å²) in [5.41, 5.74) is 0.210. The average Bonchev–Trinajstić information content (AvgIpc) is 3.15. The molecule has 0 spiro atoms. The molecule has 4 nitrogen and oxygen atoms in total. The maximum absolute atomic E-state index is 13.1. The highest BCUT2D eigenvalue weighted by Crippen LogP contribution is 2.20. The van der Waals surface area contributed by atoms with Gasteiger partial charge in [0, 0.05) is 17.6 Å². The molecular formula is C13H14BrFN2O2. The first-order valence-electron chi connectivity index (χ1n) is 5.97. The number of hydrogen-bond acceptors (Lipinski definition) is 2. The summed E-state index contributed by atoms with van der Waals surface area (Å²) in [7, 11) is 1.52. The molecule has 2 rings (SSSR count). The lowest BCUT2D eigenvalue weighted by molar-refractivity contribution is -0.121. The quantitative estimate of drug-likeness (QED) is 0.918. The van der Waals surface area contributed by atoms with Gasteiger partial charge in [0.2, 0.25) is 5.91 Å². The molecule has 0 atom stereocenters. The molecule has 0 aliphatic heterocycles. The minimum absolute atomic E-state index is 0.0295. The van der Waals surface area contributed by atoms with Gasteiger partial charge in [0.15, 0.2) is 0 Å². The van der Waals surface area contributed by atoms with Crippen molar-refractivity contribution in [3.05, 3.63) is 34.1 Å². The van der Waals surface area contributed by atoms with Crippen molar-refractivity contribution in [3.8, 4) is 0 Å². The maximum Gasteiger partial charge on any atom is 0.255 e. The van der Waals surface area contributed by atoms with Crippen LogP contribution in [0, 0.1) is 5.82 Å². The first-order chi connectivity index (χ1) is 8.97. The Morgan fingerprint density at radius 3 is 2.79 bits per heavy atom. The molecular weight excluding hydrogens is 315 g/mol. The fraction of sp³-hybridized carbons (Fsp3) is 0.385. The molecule has 1 aliphatic rings. The average molecular weight is 329 g/mol. The second-order valence-corrected chi connectivity index (χ2v) is 5.48. The molecule has 0 bridgehead atoms. The maximum atomic E-state index is 13.1. The number of hydrogen-bond donors (Lipinski definition) is 1. The van der Waals surface area contributed by atoms with Gasteiger partial charge >= 0.3 is 0 Å². The van der Waals surface area contributed by atoms with Gasteiger partial charge in [0.05, 0.1) is 12.1 Å². The lowest BCUT2D eigenvalue weighted by Gasteiger charge is -2.17. The van der Waals surface area contributed by atoms with E-state index in [1.54, 1.807) is 0 Å². The molecule has 1 aromatic carbocycles. The number of amides is 2. The summed E-state index contributed by atoms with van der Waals surface area (Å²) in [5.74, 6) is -1.06. The zero-order valence-corrected chi connectivity index (χ0v) is 12.0. The number of benzene rings is 1. The normalized spacial score (nSPS) is 14.1. The Morgan fingerprint density at radius 1 is 1.47 bits per heavy atom. The van der Waals surface area contributed by atoms with Crippen LogP contribution in [-0.4, -0.2) is 36.3 Å². The van der Waals surface area contributed by atoms with E-state index in [1.807, 2.05) is 0 Å². The molecule has 0 unspecified atom stereocenters. The number of rotatable bonds is 4. The van der Waals surface area contributed by atoms with E-state index in [4.69, 9.17) is 0 Å². The van der Waals surface area contributed by atoms with Crippen molar-refractivity contribution in [2.24, 2.45) is 0 Å². The van der Waals surface area contributed by atoms with E-state index < -0.39 is 11.7 Å². The number of nitrogens with zero attached hydrogens (tertiary/aromatic N) is 1. The van der Waals surface area contributed by atoms with Gasteiger partial charge in [-0.3, -0.25) is 9.59 Å². The molecule has 102 valence electrons. The molecule has 1 N–H and O–H groups in total. The Hall–Kier alpha value is -1.43. The van der Waals surface area contributed by atoms with Gasteiger partial charge in [0.1, 0.15) is 5.82 Å². The largest absolute Gasteiger partial charge is 0.352 e. The molecule has 2 amide bonds. The predicted molar refractivity (Wildman–Crippen MR) is 72.2 cm³/mol. The van der Waals surface area contributed by atoms with Crippen molar-refractivity contribution in [3.63, 3.8) is 0 Å². The summed E-state index contributed by atoms with van der Waals surface area (Å²) in [4.78, 5) is 25.0. The number of nitrogens with one attached hydrogen (secondary N) is 1. The zero-order chi connectivity index (χ0) is 14.0. The third-order valence-corrected chi connectivity index (χ3v) is 3.52. The van der Waals surface area contributed by atoms with Crippen LogP contribution in [0.5, 0.6) is 0 Å². The monoisotopic (exact) mass is 328 g/mol. The Labute approximate surface area is 119 Å². The third-order valence-electron chi connectivity index (χ3n) is 2.83. The van der Waals surface area contributed by atoms with Gasteiger partial charge in [-0.1, -0.05) is 0 Å². The second kappa shape index (κ2) is 5.69. The van der Waals surface area contributed by atoms with Crippen LogP contribution in [0.4, 0.5) is 4.39 Å². The van der Waals surface area contributed by atoms with Crippen LogP contribution in [0.15, 0.2) is 22.7 Å². The van der Waals surface area contributed by atoms with Gasteiger partial charge in [0.25, 0.3) is 5.91 Å². The van der Waals surface area contributed by atoms with Gasteiger partial charge in [-0.2, -0.15) is 0 Å². The molecule has 6 heteroatoms. The van der Waals surface area contributed by atoms with E-state index in [0.717, 1.165) is 18.9 Å². The van der Waals surface area contributed by atoms with Crippen LogP contribution in [0.3, 0.4) is 0 Å². The van der Waals surface area contributed by atoms with Gasteiger partial charge in [-0.25, -0.2) is 4.39 Å². The molecule has 1 aliphatic carbocycles. The van der Waals surface area contributed by atoms with E-state index in [9.17, 15) is 14.0 Å². The topological polar surface area (TPSA) is 49.4 Å². The first-order valence-corrected chi connectivity index (χ1v) is 6.76. The number of carbonyl (C=O) groups excluding carboxylic acids is 2. The van der Waals surface area contributed by atoms with Crippen LogP contribution in [-0.2, 0) is 4.79 Å². The van der Waals surface area contributed by atoms with Crippen molar-refractivity contribution in [1.82, 2.24) is 10.2 Å². The molecule has 1 saturated carbocycles. The number of likely N-dealkylation sites (N-methyl/N-ethyl adjacent to an activating group) is 1.